The number of para-hydroxylation sites is 1. The molecular weight excluding hydrogens is 232 g/mol. The van der Waals surface area contributed by atoms with Gasteiger partial charge in [-0.05, 0) is 43.0 Å². The van der Waals surface area contributed by atoms with E-state index in [0.717, 1.165) is 18.0 Å². The van der Waals surface area contributed by atoms with E-state index in [-0.39, 0.29) is 0 Å². The van der Waals surface area contributed by atoms with Gasteiger partial charge >= 0.3 is 0 Å². The van der Waals surface area contributed by atoms with Gasteiger partial charge in [0.1, 0.15) is 0 Å². The van der Waals surface area contributed by atoms with E-state index in [0.29, 0.717) is 6.04 Å². The Kier molecular flexibility index (Phi) is 3.79. The first-order chi connectivity index (χ1) is 9.40. The van der Waals surface area contributed by atoms with Crippen LogP contribution in [0.15, 0.2) is 36.5 Å². The maximum Gasteiger partial charge on any atom is 0.0705 e. The third-order valence-corrected chi connectivity index (χ3v) is 4.31. The van der Waals surface area contributed by atoms with E-state index in [1.54, 1.807) is 0 Å². The first-order valence-electron chi connectivity index (χ1n) is 7.47. The van der Waals surface area contributed by atoms with Gasteiger partial charge in [0.15, 0.2) is 0 Å². The van der Waals surface area contributed by atoms with Gasteiger partial charge in [0, 0.05) is 17.6 Å². The molecule has 0 saturated heterocycles. The highest BCUT2D eigenvalue weighted by molar-refractivity contribution is 5.82. The lowest BCUT2D eigenvalue weighted by molar-refractivity contribution is 0.376. The highest BCUT2D eigenvalue weighted by atomic mass is 14.9. The molecule has 0 spiro atoms. The molecule has 1 saturated carbocycles. The van der Waals surface area contributed by atoms with Gasteiger partial charge in [0.2, 0.25) is 0 Å². The van der Waals surface area contributed by atoms with Crippen molar-refractivity contribution in [2.45, 2.75) is 38.6 Å². The minimum absolute atomic E-state index is 0.486. The Morgan fingerprint density at radius 3 is 2.79 bits per heavy atom. The van der Waals surface area contributed by atoms with Crippen molar-refractivity contribution in [3.05, 3.63) is 42.1 Å². The lowest BCUT2D eigenvalue weighted by Crippen LogP contribution is -2.27. The topological polar surface area (TPSA) is 24.9 Å². The number of hydrogen-bond acceptors (Lipinski definition) is 2. The second-order valence-electron chi connectivity index (χ2n) is 5.50. The molecule has 1 aromatic heterocycles. The fourth-order valence-electron chi connectivity index (χ4n) is 3.43. The van der Waals surface area contributed by atoms with Crippen LogP contribution in [-0.4, -0.2) is 11.5 Å². The molecule has 2 nitrogen and oxygen atoms in total. The fourth-order valence-corrected chi connectivity index (χ4v) is 3.43. The van der Waals surface area contributed by atoms with Crippen LogP contribution < -0.4 is 5.32 Å². The zero-order valence-corrected chi connectivity index (χ0v) is 11.6. The normalized spacial score (nSPS) is 17.9. The summed E-state index contributed by atoms with van der Waals surface area (Å²) >= 11 is 0. The maximum atomic E-state index is 4.48. The summed E-state index contributed by atoms with van der Waals surface area (Å²) in [6, 6.07) is 11.2. The van der Waals surface area contributed by atoms with Crippen LogP contribution in [0.4, 0.5) is 0 Å². The molecule has 2 aromatic rings. The van der Waals surface area contributed by atoms with Crippen molar-refractivity contribution in [3.8, 4) is 0 Å². The molecule has 0 bridgehead atoms. The summed E-state index contributed by atoms with van der Waals surface area (Å²) in [5, 5.41) is 5.01. The van der Waals surface area contributed by atoms with Crippen molar-refractivity contribution < 1.29 is 0 Å². The van der Waals surface area contributed by atoms with Crippen LogP contribution in [0.25, 0.3) is 10.9 Å². The van der Waals surface area contributed by atoms with E-state index in [1.807, 2.05) is 6.20 Å². The first-order valence-corrected chi connectivity index (χ1v) is 7.47. The standard InChI is InChI=1S/C17H22N2/c1-2-18-17(13-7-3-4-8-13)15-11-12-19-16-10-6-5-9-14(15)16/h5-6,9-13,17-18H,2-4,7-8H2,1H3. The summed E-state index contributed by atoms with van der Waals surface area (Å²) in [5.74, 6) is 0.783. The molecule has 1 fully saturated rings. The SMILES string of the molecule is CCNC(c1ccnc2ccccc12)C1CCCC1. The highest BCUT2D eigenvalue weighted by Gasteiger charge is 2.26. The van der Waals surface area contributed by atoms with Crippen molar-refractivity contribution in [3.63, 3.8) is 0 Å². The molecule has 3 rings (SSSR count). The molecule has 1 unspecified atom stereocenters. The zero-order valence-electron chi connectivity index (χ0n) is 11.6. The highest BCUT2D eigenvalue weighted by Crippen LogP contribution is 2.37. The Balaban J connectivity index is 2.03. The van der Waals surface area contributed by atoms with Crippen LogP contribution in [-0.2, 0) is 0 Å². The molecule has 100 valence electrons. The predicted octanol–water partition coefficient (Wildman–Crippen LogP) is 4.08. The Hall–Kier alpha value is -1.41. The summed E-state index contributed by atoms with van der Waals surface area (Å²) in [5.41, 5.74) is 2.54. The van der Waals surface area contributed by atoms with Crippen LogP contribution in [0, 0.1) is 5.92 Å². The van der Waals surface area contributed by atoms with Gasteiger partial charge in [-0.1, -0.05) is 38.0 Å². The van der Waals surface area contributed by atoms with Crippen molar-refractivity contribution in [1.82, 2.24) is 10.3 Å². The van der Waals surface area contributed by atoms with Gasteiger partial charge in [0.05, 0.1) is 5.52 Å². The second-order valence-corrected chi connectivity index (χ2v) is 5.50. The van der Waals surface area contributed by atoms with E-state index in [4.69, 9.17) is 0 Å². The molecule has 0 aliphatic heterocycles. The van der Waals surface area contributed by atoms with Crippen molar-refractivity contribution >= 4 is 10.9 Å². The summed E-state index contributed by atoms with van der Waals surface area (Å²) in [7, 11) is 0. The minimum atomic E-state index is 0.486. The quantitative estimate of drug-likeness (QED) is 0.889. The van der Waals surface area contributed by atoms with E-state index >= 15 is 0 Å². The van der Waals surface area contributed by atoms with Crippen molar-refractivity contribution in [2.75, 3.05) is 6.54 Å². The predicted molar refractivity (Wildman–Crippen MR) is 80.1 cm³/mol. The largest absolute Gasteiger partial charge is 0.310 e. The van der Waals surface area contributed by atoms with Gasteiger partial charge in [-0.3, -0.25) is 4.98 Å². The molecule has 1 aromatic carbocycles. The number of nitrogens with zero attached hydrogens (tertiary/aromatic N) is 1. The lowest BCUT2D eigenvalue weighted by Gasteiger charge is -2.26. The van der Waals surface area contributed by atoms with Crippen LogP contribution in [0.1, 0.15) is 44.2 Å². The zero-order chi connectivity index (χ0) is 13.1. The molecular formula is C17H22N2. The fraction of sp³-hybridized carbons (Fsp3) is 0.471. The number of benzene rings is 1. The van der Waals surface area contributed by atoms with E-state index in [2.05, 4.69) is 47.6 Å². The van der Waals surface area contributed by atoms with Gasteiger partial charge in [-0.2, -0.15) is 0 Å². The van der Waals surface area contributed by atoms with E-state index in [9.17, 15) is 0 Å². The van der Waals surface area contributed by atoms with Gasteiger partial charge in [0.25, 0.3) is 0 Å². The Morgan fingerprint density at radius 1 is 1.21 bits per heavy atom. The number of rotatable bonds is 4. The first kappa shape index (κ1) is 12.6. The van der Waals surface area contributed by atoms with E-state index < -0.39 is 0 Å². The van der Waals surface area contributed by atoms with E-state index in [1.165, 1.54) is 36.6 Å². The van der Waals surface area contributed by atoms with Crippen LogP contribution in [0.3, 0.4) is 0 Å². The second kappa shape index (κ2) is 5.70. The third-order valence-electron chi connectivity index (χ3n) is 4.31. The summed E-state index contributed by atoms with van der Waals surface area (Å²) in [6.45, 7) is 3.23. The van der Waals surface area contributed by atoms with Gasteiger partial charge in [-0.25, -0.2) is 0 Å². The molecule has 1 N–H and O–H groups in total. The van der Waals surface area contributed by atoms with Crippen molar-refractivity contribution in [1.29, 1.82) is 0 Å². The number of hydrogen-bond donors (Lipinski definition) is 1. The average Bonchev–Trinajstić information content (AvgIpc) is 2.98. The Labute approximate surface area is 115 Å². The molecule has 1 aliphatic carbocycles. The minimum Gasteiger partial charge on any atom is -0.310 e. The number of fused-ring (bicyclic) bond motifs is 1. The average molecular weight is 254 g/mol. The molecule has 0 radical (unpaired) electrons. The number of pyridine rings is 1. The van der Waals surface area contributed by atoms with Gasteiger partial charge in [-0.15, -0.1) is 0 Å². The third kappa shape index (κ3) is 2.50. The van der Waals surface area contributed by atoms with Gasteiger partial charge < -0.3 is 5.32 Å². The molecule has 1 aliphatic rings. The Morgan fingerprint density at radius 2 is 2.00 bits per heavy atom. The number of aromatic nitrogens is 1. The lowest BCUT2D eigenvalue weighted by atomic mass is 9.89. The Bertz CT molecular complexity index is 538. The summed E-state index contributed by atoms with van der Waals surface area (Å²) in [4.78, 5) is 4.48. The smallest absolute Gasteiger partial charge is 0.0705 e. The molecule has 19 heavy (non-hydrogen) atoms. The summed E-state index contributed by atoms with van der Waals surface area (Å²) < 4.78 is 0. The molecule has 2 heteroatoms. The molecule has 1 heterocycles. The number of nitrogens with one attached hydrogen (secondary N) is 1. The maximum absolute atomic E-state index is 4.48. The van der Waals surface area contributed by atoms with Crippen LogP contribution in [0.2, 0.25) is 0 Å². The summed E-state index contributed by atoms with van der Waals surface area (Å²) in [6.07, 6.45) is 7.44. The molecule has 1 atom stereocenters. The van der Waals surface area contributed by atoms with Crippen LogP contribution in [0.5, 0.6) is 0 Å². The molecule has 0 amide bonds. The monoisotopic (exact) mass is 254 g/mol. The van der Waals surface area contributed by atoms with Crippen LogP contribution >= 0.6 is 0 Å². The van der Waals surface area contributed by atoms with Crippen molar-refractivity contribution in [2.24, 2.45) is 5.92 Å².